The summed E-state index contributed by atoms with van der Waals surface area (Å²) < 4.78 is 5.71. The van der Waals surface area contributed by atoms with Gasteiger partial charge in [-0.1, -0.05) is 36.4 Å². The van der Waals surface area contributed by atoms with Crippen molar-refractivity contribution in [3.63, 3.8) is 0 Å². The minimum absolute atomic E-state index is 0.0202. The molecule has 2 heterocycles. The minimum atomic E-state index is 0.0202. The number of carbonyl (C=O) groups is 1. The van der Waals surface area contributed by atoms with Crippen molar-refractivity contribution in [2.24, 2.45) is 0 Å². The van der Waals surface area contributed by atoms with Crippen molar-refractivity contribution in [2.75, 3.05) is 32.8 Å². The second kappa shape index (κ2) is 15.0. The molecule has 1 aliphatic rings. The molecular weight excluding hydrogens is 446 g/mol. The van der Waals surface area contributed by atoms with Crippen LogP contribution in [0, 0.1) is 0 Å². The van der Waals surface area contributed by atoms with Crippen molar-refractivity contribution in [1.82, 2.24) is 25.8 Å². The average Bonchev–Trinajstić information content (AvgIpc) is 3.36. The van der Waals surface area contributed by atoms with Crippen LogP contribution in [0.5, 0.6) is 5.88 Å². The zero-order valence-electron chi connectivity index (χ0n) is 19.7. The lowest BCUT2D eigenvalue weighted by molar-refractivity contribution is -0.120. The first-order valence-corrected chi connectivity index (χ1v) is 12.4. The predicted molar refractivity (Wildman–Crippen MR) is 140 cm³/mol. The summed E-state index contributed by atoms with van der Waals surface area (Å²) in [6, 6.07) is 14.1. The molecule has 0 radical (unpaired) electrons. The molecule has 1 aromatic carbocycles. The molecule has 7 nitrogen and oxygen atoms in total. The maximum atomic E-state index is 12.0. The van der Waals surface area contributed by atoms with Gasteiger partial charge in [-0.15, -0.1) is 0 Å². The Bertz CT molecular complexity index is 916. The van der Waals surface area contributed by atoms with E-state index in [-0.39, 0.29) is 5.91 Å². The van der Waals surface area contributed by atoms with Crippen molar-refractivity contribution in [3.05, 3.63) is 71.9 Å². The smallest absolute Gasteiger partial charge is 0.220 e. The number of nitrogens with zero attached hydrogens (tertiary/aromatic N) is 2. The Kier molecular flexibility index (Phi) is 11.3. The van der Waals surface area contributed by atoms with Crippen LogP contribution in [-0.4, -0.2) is 53.7 Å². The number of thiocarbonyl (C=S) groups is 1. The summed E-state index contributed by atoms with van der Waals surface area (Å²) in [7, 11) is 0. The van der Waals surface area contributed by atoms with Gasteiger partial charge in [0.05, 0.1) is 0 Å². The largest absolute Gasteiger partial charge is 0.473 e. The summed E-state index contributed by atoms with van der Waals surface area (Å²) in [6.45, 7) is 5.53. The van der Waals surface area contributed by atoms with Crippen LogP contribution in [0.15, 0.2) is 60.8 Å². The zero-order valence-corrected chi connectivity index (χ0v) is 20.5. The molecule has 0 aliphatic carbocycles. The van der Waals surface area contributed by atoms with E-state index in [1.54, 1.807) is 6.20 Å². The standard InChI is InChI=1S/C26H35N5O2S/c32-24(11-8-14-29-26(34)30-20-22-9-2-1-3-10-22)27-13-4-7-18-33-25-19-23(12-15-28-25)21-31-16-5-6-17-31/h1-4,7,9-10,12,15,19H,5-6,8,11,13-14,16-18,20-21H2,(H,27,32)(H2,29,30,34)/b7-4-. The van der Waals surface area contributed by atoms with Crippen molar-refractivity contribution in [3.8, 4) is 5.88 Å². The Morgan fingerprint density at radius 3 is 2.71 bits per heavy atom. The maximum absolute atomic E-state index is 12.0. The van der Waals surface area contributed by atoms with Gasteiger partial charge in [0.25, 0.3) is 0 Å². The molecule has 182 valence electrons. The Balaban J connectivity index is 1.19. The number of nitrogens with one attached hydrogen (secondary N) is 3. The van der Waals surface area contributed by atoms with Crippen LogP contribution in [0.1, 0.15) is 36.8 Å². The topological polar surface area (TPSA) is 78.5 Å². The molecule has 1 saturated heterocycles. The average molecular weight is 482 g/mol. The van der Waals surface area contributed by atoms with Gasteiger partial charge in [-0.3, -0.25) is 9.69 Å². The van der Waals surface area contributed by atoms with Crippen LogP contribution in [0.4, 0.5) is 0 Å². The van der Waals surface area contributed by atoms with Gasteiger partial charge in [-0.25, -0.2) is 4.98 Å². The van der Waals surface area contributed by atoms with Crippen molar-refractivity contribution in [1.29, 1.82) is 0 Å². The summed E-state index contributed by atoms with van der Waals surface area (Å²) in [5, 5.41) is 9.78. The number of hydrogen-bond acceptors (Lipinski definition) is 5. The van der Waals surface area contributed by atoms with Gasteiger partial charge in [-0.2, -0.15) is 0 Å². The number of aromatic nitrogens is 1. The van der Waals surface area contributed by atoms with Crippen LogP contribution in [0.25, 0.3) is 0 Å². The van der Waals surface area contributed by atoms with Crippen LogP contribution in [0.3, 0.4) is 0 Å². The van der Waals surface area contributed by atoms with Gasteiger partial charge in [0, 0.05) is 44.9 Å². The summed E-state index contributed by atoms with van der Waals surface area (Å²) >= 11 is 5.27. The highest BCUT2D eigenvalue weighted by Gasteiger charge is 2.12. The van der Waals surface area contributed by atoms with Crippen LogP contribution >= 0.6 is 12.2 Å². The second-order valence-corrected chi connectivity index (χ2v) is 8.68. The van der Waals surface area contributed by atoms with Crippen LogP contribution < -0.4 is 20.7 Å². The van der Waals surface area contributed by atoms with Gasteiger partial charge in [0.2, 0.25) is 11.8 Å². The van der Waals surface area contributed by atoms with Crippen LogP contribution in [-0.2, 0) is 17.9 Å². The summed E-state index contributed by atoms with van der Waals surface area (Å²) in [5.74, 6) is 0.654. The second-order valence-electron chi connectivity index (χ2n) is 8.27. The van der Waals surface area contributed by atoms with Crippen molar-refractivity contribution in [2.45, 2.75) is 38.8 Å². The van der Waals surface area contributed by atoms with Gasteiger partial charge in [0.1, 0.15) is 6.61 Å². The molecule has 1 fully saturated rings. The van der Waals surface area contributed by atoms with E-state index in [0.29, 0.717) is 50.1 Å². The molecule has 34 heavy (non-hydrogen) atoms. The Morgan fingerprint density at radius 1 is 1.06 bits per heavy atom. The summed E-state index contributed by atoms with van der Waals surface area (Å²) in [4.78, 5) is 18.7. The van der Waals surface area contributed by atoms with Crippen molar-refractivity contribution >= 4 is 23.2 Å². The van der Waals surface area contributed by atoms with Crippen molar-refractivity contribution < 1.29 is 9.53 Å². The zero-order chi connectivity index (χ0) is 23.8. The lowest BCUT2D eigenvalue weighted by Crippen LogP contribution is -2.35. The first-order valence-electron chi connectivity index (χ1n) is 12.0. The molecule has 0 bridgehead atoms. The molecule has 2 aromatic rings. The number of amides is 1. The van der Waals surface area contributed by atoms with Gasteiger partial charge < -0.3 is 20.7 Å². The molecule has 0 spiro atoms. The van der Waals surface area contributed by atoms with E-state index in [4.69, 9.17) is 17.0 Å². The van der Waals surface area contributed by atoms with E-state index < -0.39 is 0 Å². The molecule has 0 atom stereocenters. The quantitative estimate of drug-likeness (QED) is 0.230. The molecular formula is C26H35N5O2S. The number of likely N-dealkylation sites (tertiary alicyclic amines) is 1. The number of rotatable bonds is 13. The highest BCUT2D eigenvalue weighted by Crippen LogP contribution is 2.15. The first kappa shape index (κ1) is 25.6. The minimum Gasteiger partial charge on any atom is -0.473 e. The molecule has 8 heteroatoms. The molecule has 3 N–H and O–H groups in total. The van der Waals surface area contributed by atoms with Gasteiger partial charge >= 0.3 is 0 Å². The molecule has 0 saturated carbocycles. The summed E-state index contributed by atoms with van der Waals surface area (Å²) in [5.41, 5.74) is 2.40. The monoisotopic (exact) mass is 481 g/mol. The fourth-order valence-electron chi connectivity index (χ4n) is 3.66. The highest BCUT2D eigenvalue weighted by atomic mass is 32.1. The third-order valence-electron chi connectivity index (χ3n) is 5.48. The Labute approximate surface area is 208 Å². The SMILES string of the molecule is O=C(CCCNC(=S)NCc1ccccc1)NC/C=C\COc1cc(CN2CCCC2)ccn1. The fourth-order valence-corrected chi connectivity index (χ4v) is 3.84. The van der Waals surface area contributed by atoms with E-state index in [1.807, 2.05) is 54.6 Å². The molecule has 1 amide bonds. The lowest BCUT2D eigenvalue weighted by Gasteiger charge is -2.14. The first-order chi connectivity index (χ1) is 16.7. The van der Waals surface area contributed by atoms with Gasteiger partial charge in [-0.05, 0) is 67.8 Å². The van der Waals surface area contributed by atoms with Gasteiger partial charge in [0.15, 0.2) is 5.11 Å². The third-order valence-corrected chi connectivity index (χ3v) is 5.77. The predicted octanol–water partition coefficient (Wildman–Crippen LogP) is 3.17. The number of ether oxygens (including phenoxy) is 1. The number of benzene rings is 1. The third kappa shape index (κ3) is 10.3. The van der Waals surface area contributed by atoms with E-state index >= 15 is 0 Å². The molecule has 1 aromatic heterocycles. The Morgan fingerprint density at radius 2 is 1.88 bits per heavy atom. The van der Waals surface area contributed by atoms with E-state index in [0.717, 1.165) is 6.54 Å². The van der Waals surface area contributed by atoms with E-state index in [1.165, 1.54) is 37.1 Å². The number of pyridine rings is 1. The van der Waals surface area contributed by atoms with E-state index in [2.05, 4.69) is 25.8 Å². The fraction of sp³-hybridized carbons (Fsp3) is 0.423. The maximum Gasteiger partial charge on any atom is 0.220 e. The number of hydrogen-bond donors (Lipinski definition) is 3. The molecule has 1 aliphatic heterocycles. The van der Waals surface area contributed by atoms with E-state index in [9.17, 15) is 4.79 Å². The molecule has 3 rings (SSSR count). The normalized spacial score (nSPS) is 13.6. The lowest BCUT2D eigenvalue weighted by atomic mass is 10.2. The number of carbonyl (C=O) groups excluding carboxylic acids is 1. The van der Waals surface area contributed by atoms with Crippen LogP contribution in [0.2, 0.25) is 0 Å². The summed E-state index contributed by atoms with van der Waals surface area (Å²) in [6.07, 6.45) is 9.32. The highest BCUT2D eigenvalue weighted by molar-refractivity contribution is 7.80. The molecule has 0 unspecified atom stereocenters. The Hall–Kier alpha value is -2.97.